The molecule has 29 heavy (non-hydrogen) atoms. The standard InChI is InChI=1S/C23H21F2N3O/c24-17-6-5-14(11-18(17)25)12-20-23-22(15-3-1-2-4-19(15)27-23)16-7-8-28(9-10-29)13-21(16)26-20/h1-6,11,27,29H,7-10,12-13H2. The van der Waals surface area contributed by atoms with Crippen LogP contribution >= 0.6 is 0 Å². The number of fused-ring (bicyclic) bond motifs is 5. The first kappa shape index (κ1) is 18.2. The second kappa shape index (κ2) is 7.21. The van der Waals surface area contributed by atoms with E-state index in [9.17, 15) is 13.9 Å². The minimum atomic E-state index is -0.845. The summed E-state index contributed by atoms with van der Waals surface area (Å²) in [6.45, 7) is 2.29. The van der Waals surface area contributed by atoms with Crippen LogP contribution in [-0.2, 0) is 19.4 Å². The van der Waals surface area contributed by atoms with Crippen molar-refractivity contribution in [3.63, 3.8) is 0 Å². The summed E-state index contributed by atoms with van der Waals surface area (Å²) in [6, 6.07) is 12.2. The third kappa shape index (κ3) is 3.18. The number of aromatic nitrogens is 2. The Kier molecular flexibility index (Phi) is 4.53. The van der Waals surface area contributed by atoms with E-state index in [0.29, 0.717) is 25.1 Å². The molecule has 0 saturated heterocycles. The number of β-amino-alcohol motifs (C(OH)–C–C–N with tert-alkyl or cyclic N) is 1. The van der Waals surface area contributed by atoms with E-state index in [1.165, 1.54) is 17.0 Å². The number of para-hydroxylation sites is 1. The summed E-state index contributed by atoms with van der Waals surface area (Å²) in [5.41, 5.74) is 5.75. The molecule has 0 atom stereocenters. The number of halogens is 2. The second-order valence-electron chi connectivity index (χ2n) is 7.58. The van der Waals surface area contributed by atoms with E-state index in [-0.39, 0.29) is 6.61 Å². The van der Waals surface area contributed by atoms with Crippen LogP contribution in [0.2, 0.25) is 0 Å². The van der Waals surface area contributed by atoms with Crippen LogP contribution in [0.25, 0.3) is 21.8 Å². The summed E-state index contributed by atoms with van der Waals surface area (Å²) in [7, 11) is 0. The predicted molar refractivity (Wildman–Crippen MR) is 109 cm³/mol. The number of nitrogens with zero attached hydrogens (tertiary/aromatic N) is 2. The van der Waals surface area contributed by atoms with E-state index < -0.39 is 11.6 Å². The summed E-state index contributed by atoms with van der Waals surface area (Å²) >= 11 is 0. The molecule has 0 radical (unpaired) electrons. The summed E-state index contributed by atoms with van der Waals surface area (Å²) < 4.78 is 27.1. The maximum absolute atomic E-state index is 13.7. The SMILES string of the molecule is OCCN1CCc2c(nc(Cc3ccc(F)c(F)c3)c3[nH]c4ccccc4c23)C1. The second-order valence-corrected chi connectivity index (χ2v) is 7.58. The van der Waals surface area contributed by atoms with Crippen LogP contribution in [0.1, 0.15) is 22.5 Å². The Morgan fingerprint density at radius 2 is 1.97 bits per heavy atom. The first-order valence-electron chi connectivity index (χ1n) is 9.82. The first-order valence-corrected chi connectivity index (χ1v) is 9.82. The minimum absolute atomic E-state index is 0.117. The highest BCUT2D eigenvalue weighted by Crippen LogP contribution is 2.34. The molecule has 0 amide bonds. The van der Waals surface area contributed by atoms with Gasteiger partial charge in [0.2, 0.25) is 0 Å². The number of rotatable bonds is 4. The molecule has 2 aromatic carbocycles. The summed E-state index contributed by atoms with van der Waals surface area (Å²) in [4.78, 5) is 10.6. The molecule has 148 valence electrons. The third-order valence-corrected chi connectivity index (χ3v) is 5.74. The van der Waals surface area contributed by atoms with E-state index in [1.807, 2.05) is 18.2 Å². The van der Waals surface area contributed by atoms with Crippen molar-refractivity contribution < 1.29 is 13.9 Å². The smallest absolute Gasteiger partial charge is 0.159 e. The highest BCUT2D eigenvalue weighted by atomic mass is 19.2. The highest BCUT2D eigenvalue weighted by molar-refractivity contribution is 6.10. The Hall–Kier alpha value is -2.83. The van der Waals surface area contributed by atoms with E-state index in [0.717, 1.165) is 46.8 Å². The molecule has 0 saturated carbocycles. The van der Waals surface area contributed by atoms with Gasteiger partial charge in [-0.25, -0.2) is 8.78 Å². The van der Waals surface area contributed by atoms with Gasteiger partial charge in [0.15, 0.2) is 11.6 Å². The monoisotopic (exact) mass is 393 g/mol. The van der Waals surface area contributed by atoms with Crippen LogP contribution in [0.4, 0.5) is 8.78 Å². The zero-order valence-corrected chi connectivity index (χ0v) is 15.9. The Morgan fingerprint density at radius 1 is 1.10 bits per heavy atom. The van der Waals surface area contributed by atoms with Crippen LogP contribution in [0.5, 0.6) is 0 Å². The van der Waals surface area contributed by atoms with Crippen molar-refractivity contribution in [2.75, 3.05) is 19.7 Å². The minimum Gasteiger partial charge on any atom is -0.395 e. The molecule has 5 rings (SSSR count). The number of H-pyrrole nitrogens is 1. The number of aliphatic hydroxyl groups is 1. The molecule has 2 aromatic heterocycles. The lowest BCUT2D eigenvalue weighted by Crippen LogP contribution is -2.33. The van der Waals surface area contributed by atoms with E-state index >= 15 is 0 Å². The van der Waals surface area contributed by atoms with Crippen LogP contribution in [-0.4, -0.2) is 39.7 Å². The zero-order valence-electron chi connectivity index (χ0n) is 15.9. The molecule has 3 heterocycles. The molecule has 1 aliphatic heterocycles. The number of aliphatic hydroxyl groups excluding tert-OH is 1. The molecule has 0 bridgehead atoms. The van der Waals surface area contributed by atoms with Gasteiger partial charge in [0.05, 0.1) is 23.5 Å². The number of pyridine rings is 1. The molecule has 6 heteroatoms. The number of hydrogen-bond donors (Lipinski definition) is 2. The van der Waals surface area contributed by atoms with E-state index in [4.69, 9.17) is 4.98 Å². The lowest BCUT2D eigenvalue weighted by atomic mass is 9.96. The summed E-state index contributed by atoms with van der Waals surface area (Å²) in [6.07, 6.45) is 1.28. The molecular weight excluding hydrogens is 372 g/mol. The molecule has 0 aliphatic carbocycles. The average Bonchev–Trinajstić information content (AvgIpc) is 3.11. The quantitative estimate of drug-likeness (QED) is 0.552. The molecule has 0 spiro atoms. The van der Waals surface area contributed by atoms with Gasteiger partial charge in [-0.2, -0.15) is 0 Å². The van der Waals surface area contributed by atoms with Gasteiger partial charge in [0.1, 0.15) is 0 Å². The van der Waals surface area contributed by atoms with Crippen LogP contribution in [0, 0.1) is 11.6 Å². The van der Waals surface area contributed by atoms with Crippen LogP contribution in [0.3, 0.4) is 0 Å². The van der Waals surface area contributed by atoms with Crippen molar-refractivity contribution >= 4 is 21.8 Å². The Balaban J connectivity index is 1.69. The predicted octanol–water partition coefficient (Wildman–Crippen LogP) is 3.94. The Labute approximate surface area is 166 Å². The fourth-order valence-corrected chi connectivity index (χ4v) is 4.37. The van der Waals surface area contributed by atoms with Gasteiger partial charge in [-0.3, -0.25) is 9.88 Å². The highest BCUT2D eigenvalue weighted by Gasteiger charge is 2.24. The van der Waals surface area contributed by atoms with Crippen molar-refractivity contribution in [1.82, 2.24) is 14.9 Å². The normalized spacial score (nSPS) is 14.6. The number of hydrogen-bond acceptors (Lipinski definition) is 3. The van der Waals surface area contributed by atoms with Gasteiger partial charge < -0.3 is 10.1 Å². The molecule has 0 unspecified atom stereocenters. The largest absolute Gasteiger partial charge is 0.395 e. The van der Waals surface area contributed by atoms with Gasteiger partial charge in [-0.05, 0) is 35.7 Å². The maximum atomic E-state index is 13.7. The van der Waals surface area contributed by atoms with Crippen molar-refractivity contribution in [3.8, 4) is 0 Å². The number of aromatic amines is 1. The van der Waals surface area contributed by atoms with Gasteiger partial charge in [-0.15, -0.1) is 0 Å². The fraction of sp³-hybridized carbons (Fsp3) is 0.261. The lowest BCUT2D eigenvalue weighted by Gasteiger charge is -2.28. The lowest BCUT2D eigenvalue weighted by molar-refractivity contribution is 0.183. The molecule has 4 nitrogen and oxygen atoms in total. The molecular formula is C23H21F2N3O. The third-order valence-electron chi connectivity index (χ3n) is 5.74. The molecule has 0 fully saturated rings. The first-order chi connectivity index (χ1) is 14.1. The Morgan fingerprint density at radius 3 is 2.79 bits per heavy atom. The topological polar surface area (TPSA) is 52.1 Å². The van der Waals surface area contributed by atoms with Crippen molar-refractivity contribution in [2.45, 2.75) is 19.4 Å². The maximum Gasteiger partial charge on any atom is 0.159 e. The summed E-state index contributed by atoms with van der Waals surface area (Å²) in [5, 5.41) is 11.6. The van der Waals surface area contributed by atoms with Gasteiger partial charge >= 0.3 is 0 Å². The van der Waals surface area contributed by atoms with Crippen molar-refractivity contribution in [1.29, 1.82) is 0 Å². The molecule has 1 aliphatic rings. The number of nitrogens with one attached hydrogen (secondary N) is 1. The van der Waals surface area contributed by atoms with Crippen LogP contribution in [0.15, 0.2) is 42.5 Å². The van der Waals surface area contributed by atoms with E-state index in [2.05, 4.69) is 16.0 Å². The fourth-order valence-electron chi connectivity index (χ4n) is 4.37. The average molecular weight is 393 g/mol. The zero-order chi connectivity index (χ0) is 20.0. The molecule has 2 N–H and O–H groups in total. The van der Waals surface area contributed by atoms with Crippen LogP contribution < -0.4 is 0 Å². The van der Waals surface area contributed by atoms with Crippen molar-refractivity contribution in [2.24, 2.45) is 0 Å². The van der Waals surface area contributed by atoms with E-state index in [1.54, 1.807) is 6.07 Å². The number of benzene rings is 2. The Bertz CT molecular complexity index is 1220. The van der Waals surface area contributed by atoms with Crippen molar-refractivity contribution in [3.05, 3.63) is 76.6 Å². The van der Waals surface area contributed by atoms with Gasteiger partial charge in [0.25, 0.3) is 0 Å². The molecule has 4 aromatic rings. The van der Waals surface area contributed by atoms with Gasteiger partial charge in [0, 0.05) is 42.3 Å². The summed E-state index contributed by atoms with van der Waals surface area (Å²) in [5.74, 6) is -1.69. The van der Waals surface area contributed by atoms with Gasteiger partial charge in [-0.1, -0.05) is 24.3 Å².